The predicted molar refractivity (Wildman–Crippen MR) is 112 cm³/mol. The monoisotopic (exact) mass is 449 g/mol. The Kier molecular flexibility index (Phi) is 6.09. The molecule has 1 saturated heterocycles. The van der Waals surface area contributed by atoms with Gasteiger partial charge < -0.3 is 14.5 Å². The number of aromatic nitrogens is 1. The van der Waals surface area contributed by atoms with Crippen molar-refractivity contribution in [1.29, 1.82) is 0 Å². The molecule has 2 aliphatic heterocycles. The zero-order valence-electron chi connectivity index (χ0n) is 17.0. The third-order valence-corrected chi connectivity index (χ3v) is 5.75. The second-order valence-electron chi connectivity index (χ2n) is 7.82. The van der Waals surface area contributed by atoms with Crippen LogP contribution >= 0.6 is 11.6 Å². The Morgan fingerprint density at radius 1 is 1.29 bits per heavy atom. The molecule has 2 amide bonds. The van der Waals surface area contributed by atoms with Crippen LogP contribution < -0.4 is 9.64 Å². The van der Waals surface area contributed by atoms with Crippen molar-refractivity contribution in [2.45, 2.75) is 32.0 Å². The molecule has 2 unspecified atom stereocenters. The summed E-state index contributed by atoms with van der Waals surface area (Å²) >= 11 is 5.80. The maximum atomic E-state index is 13.7. The second kappa shape index (κ2) is 8.78. The number of ether oxygens (including phenoxy) is 1. The maximum absolute atomic E-state index is 13.7. The molecule has 164 valence electrons. The molecule has 0 saturated carbocycles. The Balaban J connectivity index is 1.78. The molecule has 2 aromatic rings. The summed E-state index contributed by atoms with van der Waals surface area (Å²) in [6.45, 7) is 2.37. The molecule has 0 bridgehead atoms. The number of fused-ring (bicyclic) bond motifs is 1. The number of carbonyl (C=O) groups excluding carboxylic acids is 2. The number of amides is 2. The topological polar surface area (TPSA) is 62.7 Å². The minimum Gasteiger partial charge on any atom is -0.474 e. The van der Waals surface area contributed by atoms with Gasteiger partial charge in [-0.2, -0.15) is 0 Å². The standard InChI is InChI=1S/C22H22ClF2N3O3/c1-13-12-31-21-18(28(13)19(29)10-23)9-15(8-14-2-4-16(24)5-3-14)20(26-21)22(30)27-7-6-17(25)11-27/h2-5,9,13,17H,6-8,10-12H2,1H3. The van der Waals surface area contributed by atoms with Crippen molar-refractivity contribution in [1.82, 2.24) is 9.88 Å². The Labute approximate surface area is 183 Å². The summed E-state index contributed by atoms with van der Waals surface area (Å²) in [7, 11) is 0. The Morgan fingerprint density at radius 3 is 2.68 bits per heavy atom. The van der Waals surface area contributed by atoms with E-state index < -0.39 is 12.1 Å². The summed E-state index contributed by atoms with van der Waals surface area (Å²) in [6.07, 6.45) is -0.488. The van der Waals surface area contributed by atoms with Gasteiger partial charge in [-0.1, -0.05) is 12.1 Å². The van der Waals surface area contributed by atoms with Crippen LogP contribution in [0.1, 0.15) is 35.0 Å². The van der Waals surface area contributed by atoms with Crippen LogP contribution in [0.5, 0.6) is 5.88 Å². The van der Waals surface area contributed by atoms with E-state index in [0.29, 0.717) is 17.8 Å². The quantitative estimate of drug-likeness (QED) is 0.672. The van der Waals surface area contributed by atoms with E-state index >= 15 is 0 Å². The summed E-state index contributed by atoms with van der Waals surface area (Å²) in [5.41, 5.74) is 1.89. The fraction of sp³-hybridized carbons (Fsp3) is 0.409. The van der Waals surface area contributed by atoms with Crippen LogP contribution in [0.2, 0.25) is 0 Å². The second-order valence-corrected chi connectivity index (χ2v) is 8.09. The third kappa shape index (κ3) is 4.35. The van der Waals surface area contributed by atoms with E-state index in [1.165, 1.54) is 21.9 Å². The van der Waals surface area contributed by atoms with Crippen LogP contribution in [0, 0.1) is 5.82 Å². The van der Waals surface area contributed by atoms with Crippen molar-refractivity contribution in [3.8, 4) is 5.88 Å². The van der Waals surface area contributed by atoms with E-state index in [2.05, 4.69) is 4.98 Å². The van der Waals surface area contributed by atoms with Gasteiger partial charge >= 0.3 is 0 Å². The smallest absolute Gasteiger partial charge is 0.273 e. The SMILES string of the molecule is CC1COc2nc(C(=O)N3CCC(F)C3)c(Cc3ccc(F)cc3)cc2N1C(=O)CCl. The van der Waals surface area contributed by atoms with Crippen molar-refractivity contribution in [3.05, 3.63) is 53.0 Å². The van der Waals surface area contributed by atoms with Gasteiger partial charge in [0.25, 0.3) is 5.91 Å². The average Bonchev–Trinajstić information content (AvgIpc) is 3.20. The minimum absolute atomic E-state index is 0.0162. The lowest BCUT2D eigenvalue weighted by atomic mass is 10.0. The van der Waals surface area contributed by atoms with Gasteiger partial charge in [0.1, 0.15) is 35.9 Å². The van der Waals surface area contributed by atoms with E-state index in [1.54, 1.807) is 18.2 Å². The molecule has 9 heteroatoms. The molecular formula is C22H22ClF2N3O3. The number of nitrogens with zero attached hydrogens (tertiary/aromatic N) is 3. The van der Waals surface area contributed by atoms with Crippen molar-refractivity contribution < 1.29 is 23.1 Å². The molecule has 0 aliphatic carbocycles. The van der Waals surface area contributed by atoms with Gasteiger partial charge in [-0.25, -0.2) is 13.8 Å². The number of hydrogen-bond donors (Lipinski definition) is 0. The Morgan fingerprint density at radius 2 is 2.03 bits per heavy atom. The van der Waals surface area contributed by atoms with E-state index in [9.17, 15) is 18.4 Å². The lowest BCUT2D eigenvalue weighted by Crippen LogP contribution is -2.46. The lowest BCUT2D eigenvalue weighted by Gasteiger charge is -2.34. The molecule has 0 spiro atoms. The molecule has 6 nitrogen and oxygen atoms in total. The van der Waals surface area contributed by atoms with Crippen molar-refractivity contribution in [2.24, 2.45) is 0 Å². The summed E-state index contributed by atoms with van der Waals surface area (Å²) in [6, 6.07) is 7.36. The molecule has 0 radical (unpaired) electrons. The minimum atomic E-state index is -1.06. The highest BCUT2D eigenvalue weighted by Crippen LogP contribution is 2.35. The van der Waals surface area contributed by atoms with Gasteiger partial charge in [0.05, 0.1) is 12.6 Å². The van der Waals surface area contributed by atoms with Gasteiger partial charge in [-0.15, -0.1) is 11.6 Å². The van der Waals surface area contributed by atoms with Crippen LogP contribution in [-0.4, -0.2) is 59.5 Å². The zero-order chi connectivity index (χ0) is 22.1. The molecule has 3 heterocycles. The summed E-state index contributed by atoms with van der Waals surface area (Å²) in [4.78, 5) is 33.0. The van der Waals surface area contributed by atoms with Crippen LogP contribution in [0.25, 0.3) is 0 Å². The predicted octanol–water partition coefficient (Wildman–Crippen LogP) is 3.35. The van der Waals surface area contributed by atoms with E-state index in [1.807, 2.05) is 6.92 Å². The van der Waals surface area contributed by atoms with Crippen LogP contribution in [0.3, 0.4) is 0 Å². The van der Waals surface area contributed by atoms with Crippen molar-refractivity contribution >= 4 is 29.1 Å². The number of alkyl halides is 2. The van der Waals surface area contributed by atoms with Gasteiger partial charge in [0, 0.05) is 6.54 Å². The van der Waals surface area contributed by atoms with E-state index in [4.69, 9.17) is 16.3 Å². The zero-order valence-corrected chi connectivity index (χ0v) is 17.7. The maximum Gasteiger partial charge on any atom is 0.273 e. The third-order valence-electron chi connectivity index (χ3n) is 5.52. The number of anilines is 1. The van der Waals surface area contributed by atoms with E-state index in [0.717, 1.165) is 5.56 Å². The molecule has 1 aromatic heterocycles. The van der Waals surface area contributed by atoms with Gasteiger partial charge in [0.15, 0.2) is 0 Å². The molecule has 2 atom stereocenters. The average molecular weight is 450 g/mol. The first-order valence-corrected chi connectivity index (χ1v) is 10.6. The largest absolute Gasteiger partial charge is 0.474 e. The van der Waals surface area contributed by atoms with Crippen LogP contribution in [0.15, 0.2) is 30.3 Å². The summed E-state index contributed by atoms with van der Waals surface area (Å²) in [5.74, 6) is -1.09. The molecular weight excluding hydrogens is 428 g/mol. The van der Waals surface area contributed by atoms with Crippen LogP contribution in [0.4, 0.5) is 14.5 Å². The highest BCUT2D eigenvalue weighted by atomic mass is 35.5. The van der Waals surface area contributed by atoms with Crippen LogP contribution in [-0.2, 0) is 11.2 Å². The number of carbonyl (C=O) groups is 2. The number of halogens is 3. The first kappa shape index (κ1) is 21.5. The van der Waals surface area contributed by atoms with E-state index in [-0.39, 0.29) is 61.2 Å². The normalized spacial score (nSPS) is 20.4. The molecule has 1 aromatic carbocycles. The lowest BCUT2D eigenvalue weighted by molar-refractivity contribution is -0.117. The number of benzene rings is 1. The Hall–Kier alpha value is -2.74. The highest BCUT2D eigenvalue weighted by molar-refractivity contribution is 6.29. The number of rotatable bonds is 4. The molecule has 4 rings (SSSR count). The Bertz CT molecular complexity index is 1000. The first-order valence-electron chi connectivity index (χ1n) is 10.1. The van der Waals surface area contributed by atoms with Gasteiger partial charge in [-0.3, -0.25) is 9.59 Å². The fourth-order valence-corrected chi connectivity index (χ4v) is 4.08. The van der Waals surface area contributed by atoms with Gasteiger partial charge in [-0.05, 0) is 49.1 Å². The number of pyridine rings is 1. The molecule has 2 aliphatic rings. The number of hydrogen-bond acceptors (Lipinski definition) is 4. The summed E-state index contributed by atoms with van der Waals surface area (Å²) in [5, 5.41) is 0. The van der Waals surface area contributed by atoms with Crippen molar-refractivity contribution in [2.75, 3.05) is 30.5 Å². The summed E-state index contributed by atoms with van der Waals surface area (Å²) < 4.78 is 32.8. The fourth-order valence-electron chi connectivity index (χ4n) is 3.95. The number of likely N-dealkylation sites (tertiary alicyclic amines) is 1. The van der Waals surface area contributed by atoms with Gasteiger partial charge in [0.2, 0.25) is 11.8 Å². The highest BCUT2D eigenvalue weighted by Gasteiger charge is 2.34. The molecule has 0 N–H and O–H groups in total. The van der Waals surface area contributed by atoms with Crippen molar-refractivity contribution in [3.63, 3.8) is 0 Å². The molecule has 1 fully saturated rings. The first-order chi connectivity index (χ1) is 14.9. The molecule has 31 heavy (non-hydrogen) atoms.